The van der Waals surface area contributed by atoms with Crippen molar-refractivity contribution in [2.75, 3.05) is 11.9 Å². The van der Waals surface area contributed by atoms with Crippen LogP contribution in [-0.2, 0) is 0 Å². The zero-order chi connectivity index (χ0) is 10.4. The predicted octanol–water partition coefficient (Wildman–Crippen LogP) is 2.52. The van der Waals surface area contributed by atoms with E-state index in [1.165, 1.54) is 0 Å². The van der Waals surface area contributed by atoms with E-state index < -0.39 is 0 Å². The van der Waals surface area contributed by atoms with E-state index >= 15 is 0 Å². The third-order valence-electron chi connectivity index (χ3n) is 1.81. The van der Waals surface area contributed by atoms with Crippen molar-refractivity contribution in [2.45, 2.75) is 19.9 Å². The van der Waals surface area contributed by atoms with Gasteiger partial charge in [-0.25, -0.2) is 0 Å². The van der Waals surface area contributed by atoms with Crippen LogP contribution in [0.2, 0.25) is 0 Å². The molecule has 0 saturated heterocycles. The molecule has 0 aliphatic carbocycles. The molecule has 0 heterocycles. The first kappa shape index (κ1) is 10.5. The number of terminal acetylenes is 1. The number of hydrogen-bond acceptors (Lipinski definition) is 2. The molecule has 1 N–H and O–H groups in total. The SMILES string of the molecule is C#CC(C)Nc1ccccc1OCC. The van der Waals surface area contributed by atoms with E-state index in [-0.39, 0.29) is 6.04 Å². The van der Waals surface area contributed by atoms with Crippen LogP contribution in [0.25, 0.3) is 0 Å². The summed E-state index contributed by atoms with van der Waals surface area (Å²) < 4.78 is 5.45. The van der Waals surface area contributed by atoms with Crippen LogP contribution in [0.1, 0.15) is 13.8 Å². The van der Waals surface area contributed by atoms with Crippen molar-refractivity contribution in [1.82, 2.24) is 0 Å². The van der Waals surface area contributed by atoms with E-state index in [1.807, 2.05) is 38.1 Å². The summed E-state index contributed by atoms with van der Waals surface area (Å²) in [7, 11) is 0. The lowest BCUT2D eigenvalue weighted by Gasteiger charge is -2.13. The third kappa shape index (κ3) is 2.70. The molecule has 0 aromatic heterocycles. The lowest BCUT2D eigenvalue weighted by Crippen LogP contribution is -2.12. The number of para-hydroxylation sites is 2. The van der Waals surface area contributed by atoms with Gasteiger partial charge in [-0.15, -0.1) is 6.42 Å². The molecule has 0 fully saturated rings. The van der Waals surface area contributed by atoms with Crippen LogP contribution in [0.5, 0.6) is 5.75 Å². The highest BCUT2D eigenvalue weighted by Crippen LogP contribution is 2.24. The normalized spacial score (nSPS) is 11.5. The van der Waals surface area contributed by atoms with Gasteiger partial charge in [0.2, 0.25) is 0 Å². The quantitative estimate of drug-likeness (QED) is 0.735. The van der Waals surface area contributed by atoms with Crippen LogP contribution in [-0.4, -0.2) is 12.6 Å². The van der Waals surface area contributed by atoms with Crippen molar-refractivity contribution in [3.63, 3.8) is 0 Å². The zero-order valence-corrected chi connectivity index (χ0v) is 8.58. The maximum absolute atomic E-state index is 5.45. The minimum Gasteiger partial charge on any atom is -0.492 e. The summed E-state index contributed by atoms with van der Waals surface area (Å²) in [5, 5.41) is 3.18. The van der Waals surface area contributed by atoms with Crippen molar-refractivity contribution in [3.05, 3.63) is 24.3 Å². The van der Waals surface area contributed by atoms with Crippen LogP contribution in [0.4, 0.5) is 5.69 Å². The lowest BCUT2D eigenvalue weighted by molar-refractivity contribution is 0.341. The molecule has 0 bridgehead atoms. The Balaban J connectivity index is 2.79. The second-order valence-electron chi connectivity index (χ2n) is 2.96. The molecule has 0 spiro atoms. The Bertz CT molecular complexity index is 327. The zero-order valence-electron chi connectivity index (χ0n) is 8.58. The molecule has 1 unspecified atom stereocenters. The second kappa shape index (κ2) is 5.18. The predicted molar refractivity (Wildman–Crippen MR) is 59.5 cm³/mol. The van der Waals surface area contributed by atoms with Gasteiger partial charge in [-0.3, -0.25) is 0 Å². The summed E-state index contributed by atoms with van der Waals surface area (Å²) >= 11 is 0. The van der Waals surface area contributed by atoms with Gasteiger partial charge in [-0.2, -0.15) is 0 Å². The minimum absolute atomic E-state index is 0.0107. The first-order valence-electron chi connectivity index (χ1n) is 4.72. The van der Waals surface area contributed by atoms with Crippen molar-refractivity contribution in [1.29, 1.82) is 0 Å². The Labute approximate surface area is 85.3 Å². The highest BCUT2D eigenvalue weighted by molar-refractivity contribution is 5.57. The van der Waals surface area contributed by atoms with E-state index in [4.69, 9.17) is 11.2 Å². The smallest absolute Gasteiger partial charge is 0.142 e. The first-order valence-corrected chi connectivity index (χ1v) is 4.72. The maximum Gasteiger partial charge on any atom is 0.142 e. The first-order chi connectivity index (χ1) is 6.77. The van der Waals surface area contributed by atoms with Crippen molar-refractivity contribution >= 4 is 5.69 Å². The highest BCUT2D eigenvalue weighted by Gasteiger charge is 2.03. The van der Waals surface area contributed by atoms with Gasteiger partial charge in [-0.1, -0.05) is 18.1 Å². The van der Waals surface area contributed by atoms with Crippen LogP contribution in [0.15, 0.2) is 24.3 Å². The van der Waals surface area contributed by atoms with Crippen molar-refractivity contribution < 1.29 is 4.74 Å². The molecule has 1 rings (SSSR count). The van der Waals surface area contributed by atoms with Crippen LogP contribution in [0.3, 0.4) is 0 Å². The van der Waals surface area contributed by atoms with E-state index in [2.05, 4.69) is 11.2 Å². The molecule has 0 amide bonds. The van der Waals surface area contributed by atoms with Gasteiger partial charge in [0.05, 0.1) is 18.3 Å². The third-order valence-corrected chi connectivity index (χ3v) is 1.81. The van der Waals surface area contributed by atoms with Gasteiger partial charge in [0, 0.05) is 0 Å². The van der Waals surface area contributed by atoms with E-state index in [1.54, 1.807) is 0 Å². The summed E-state index contributed by atoms with van der Waals surface area (Å²) in [5.41, 5.74) is 0.944. The standard InChI is InChI=1S/C12H15NO/c1-4-10(3)13-11-8-6-7-9-12(11)14-5-2/h1,6-10,13H,5H2,2-3H3. The number of anilines is 1. The molecule has 14 heavy (non-hydrogen) atoms. The molecule has 1 atom stereocenters. The molecular weight excluding hydrogens is 174 g/mol. The van der Waals surface area contributed by atoms with Gasteiger partial charge in [-0.05, 0) is 26.0 Å². The fraction of sp³-hybridized carbons (Fsp3) is 0.333. The molecule has 0 radical (unpaired) electrons. The van der Waals surface area contributed by atoms with Gasteiger partial charge < -0.3 is 10.1 Å². The Morgan fingerprint density at radius 2 is 2.21 bits per heavy atom. The highest BCUT2D eigenvalue weighted by atomic mass is 16.5. The molecule has 2 nitrogen and oxygen atoms in total. The Morgan fingerprint density at radius 3 is 2.86 bits per heavy atom. The van der Waals surface area contributed by atoms with Gasteiger partial charge >= 0.3 is 0 Å². The summed E-state index contributed by atoms with van der Waals surface area (Å²) in [6.45, 7) is 4.55. The Morgan fingerprint density at radius 1 is 1.50 bits per heavy atom. The largest absolute Gasteiger partial charge is 0.492 e. The molecule has 0 aliphatic rings. The van der Waals surface area contributed by atoms with Crippen LogP contribution < -0.4 is 10.1 Å². The molecular formula is C12H15NO. The van der Waals surface area contributed by atoms with E-state index in [0.717, 1.165) is 11.4 Å². The number of hydrogen-bond donors (Lipinski definition) is 1. The average Bonchev–Trinajstić information content (AvgIpc) is 2.21. The minimum atomic E-state index is 0.0107. The van der Waals surface area contributed by atoms with Crippen molar-refractivity contribution in [3.8, 4) is 18.1 Å². The summed E-state index contributed by atoms with van der Waals surface area (Å²) in [5.74, 6) is 3.46. The van der Waals surface area contributed by atoms with Gasteiger partial charge in [0.15, 0.2) is 0 Å². The maximum atomic E-state index is 5.45. The number of rotatable bonds is 4. The molecule has 0 aliphatic heterocycles. The number of benzene rings is 1. The second-order valence-corrected chi connectivity index (χ2v) is 2.96. The molecule has 0 saturated carbocycles. The van der Waals surface area contributed by atoms with Crippen LogP contribution >= 0.6 is 0 Å². The molecule has 74 valence electrons. The monoisotopic (exact) mass is 189 g/mol. The summed E-state index contributed by atoms with van der Waals surface area (Å²) in [4.78, 5) is 0. The average molecular weight is 189 g/mol. The van der Waals surface area contributed by atoms with E-state index in [0.29, 0.717) is 6.61 Å². The molecule has 1 aromatic rings. The lowest BCUT2D eigenvalue weighted by atomic mass is 10.2. The molecule has 1 aromatic carbocycles. The Hall–Kier alpha value is -1.62. The Kier molecular flexibility index (Phi) is 3.87. The van der Waals surface area contributed by atoms with Gasteiger partial charge in [0.1, 0.15) is 5.75 Å². The summed E-state index contributed by atoms with van der Waals surface area (Å²) in [6.07, 6.45) is 5.29. The number of nitrogens with one attached hydrogen (secondary N) is 1. The van der Waals surface area contributed by atoms with E-state index in [9.17, 15) is 0 Å². The fourth-order valence-corrected chi connectivity index (χ4v) is 1.14. The topological polar surface area (TPSA) is 21.3 Å². The van der Waals surface area contributed by atoms with Crippen molar-refractivity contribution in [2.24, 2.45) is 0 Å². The number of ether oxygens (including phenoxy) is 1. The molecule has 2 heteroatoms. The van der Waals surface area contributed by atoms with Crippen LogP contribution in [0, 0.1) is 12.3 Å². The summed E-state index contributed by atoms with van der Waals surface area (Å²) in [6, 6.07) is 7.79. The fourth-order valence-electron chi connectivity index (χ4n) is 1.14. The van der Waals surface area contributed by atoms with Gasteiger partial charge in [0.25, 0.3) is 0 Å².